The van der Waals surface area contributed by atoms with Crippen LogP contribution in [-0.2, 0) is 22.9 Å². The molecular formula is C18H23ClNNaO4S2. The van der Waals surface area contributed by atoms with E-state index in [1.165, 1.54) is 21.9 Å². The van der Waals surface area contributed by atoms with Gasteiger partial charge in [-0.3, -0.25) is 0 Å². The number of carbonyl (C=O) groups is 1. The Morgan fingerprint density at radius 3 is 2.41 bits per heavy atom. The monoisotopic (exact) mass is 439 g/mol. The zero-order valence-corrected chi connectivity index (χ0v) is 19.9. The van der Waals surface area contributed by atoms with Crippen LogP contribution in [0.5, 0.6) is 0 Å². The van der Waals surface area contributed by atoms with Gasteiger partial charge in [0, 0.05) is 23.0 Å². The Morgan fingerprint density at radius 1 is 1.19 bits per heavy atom. The van der Waals surface area contributed by atoms with Gasteiger partial charge in [-0.15, -0.1) is 11.3 Å². The molecule has 1 N–H and O–H groups in total. The standard InChI is InChI=1S/C18H22ClNO4S2.Na.H/c1-26(23,24)20(11-3-6-14-5-2-7-15(19)13-14)12-4-8-16-9-10-17(25-16)18(21)22;;/h2,5,7,9-10,13H,3-4,6,8,11-12H2,1H3,(H,21,22);;/q;+1;-1. The summed E-state index contributed by atoms with van der Waals surface area (Å²) < 4.78 is 25.5. The molecule has 0 amide bonds. The molecule has 0 bridgehead atoms. The Hall–Kier alpha value is -0.410. The zero-order chi connectivity index (χ0) is 19.2. The van der Waals surface area contributed by atoms with Crippen molar-refractivity contribution in [1.29, 1.82) is 0 Å². The molecule has 0 radical (unpaired) electrons. The minimum Gasteiger partial charge on any atom is -1.00 e. The number of sulfonamides is 1. The fourth-order valence-electron chi connectivity index (χ4n) is 2.65. The summed E-state index contributed by atoms with van der Waals surface area (Å²) in [6, 6.07) is 10.9. The van der Waals surface area contributed by atoms with Crippen LogP contribution < -0.4 is 29.6 Å². The van der Waals surface area contributed by atoms with Crippen LogP contribution in [0.4, 0.5) is 0 Å². The molecule has 0 aliphatic heterocycles. The van der Waals surface area contributed by atoms with Crippen LogP contribution in [0.25, 0.3) is 0 Å². The van der Waals surface area contributed by atoms with Gasteiger partial charge in [-0.05, 0) is 55.5 Å². The first-order valence-corrected chi connectivity index (χ1v) is 11.3. The molecule has 0 aliphatic rings. The maximum atomic E-state index is 12.0. The minimum atomic E-state index is -3.27. The second-order valence-electron chi connectivity index (χ2n) is 6.07. The predicted octanol–water partition coefficient (Wildman–Crippen LogP) is 1.04. The van der Waals surface area contributed by atoms with Gasteiger partial charge in [0.15, 0.2) is 0 Å². The summed E-state index contributed by atoms with van der Waals surface area (Å²) in [4.78, 5) is 12.2. The summed E-state index contributed by atoms with van der Waals surface area (Å²) in [5.41, 5.74) is 1.09. The molecule has 0 saturated heterocycles. The molecule has 0 spiro atoms. The van der Waals surface area contributed by atoms with Crippen molar-refractivity contribution in [3.8, 4) is 0 Å². The van der Waals surface area contributed by atoms with E-state index >= 15 is 0 Å². The molecule has 5 nitrogen and oxygen atoms in total. The fourth-order valence-corrected chi connectivity index (χ4v) is 4.68. The van der Waals surface area contributed by atoms with E-state index in [-0.39, 0.29) is 31.0 Å². The average molecular weight is 440 g/mol. The van der Waals surface area contributed by atoms with Gasteiger partial charge in [0.25, 0.3) is 0 Å². The Labute approximate surface area is 193 Å². The number of hydrogen-bond donors (Lipinski definition) is 1. The number of carboxylic acids is 1. The Balaban J connectivity index is 0.00000364. The predicted molar refractivity (Wildman–Crippen MR) is 107 cm³/mol. The van der Waals surface area contributed by atoms with Crippen LogP contribution in [0.2, 0.25) is 5.02 Å². The molecule has 0 unspecified atom stereocenters. The first-order chi connectivity index (χ1) is 12.3. The second kappa shape index (κ2) is 11.6. The number of aromatic carboxylic acids is 1. The number of benzene rings is 1. The molecule has 0 aliphatic carbocycles. The molecule has 1 aromatic heterocycles. The molecule has 0 atom stereocenters. The van der Waals surface area contributed by atoms with Crippen molar-refractivity contribution < 1.29 is 49.3 Å². The molecule has 1 heterocycles. The third-order valence-electron chi connectivity index (χ3n) is 3.93. The average Bonchev–Trinajstić information content (AvgIpc) is 3.02. The van der Waals surface area contributed by atoms with Gasteiger partial charge < -0.3 is 6.53 Å². The number of halogens is 1. The van der Waals surface area contributed by atoms with Crippen LogP contribution in [0.1, 0.15) is 34.4 Å². The van der Waals surface area contributed by atoms with Crippen molar-refractivity contribution in [2.24, 2.45) is 0 Å². The normalized spacial score (nSPS) is 11.4. The largest absolute Gasteiger partial charge is 1.00 e. The van der Waals surface area contributed by atoms with Crippen LogP contribution in [0.3, 0.4) is 0 Å². The third-order valence-corrected chi connectivity index (χ3v) is 6.61. The van der Waals surface area contributed by atoms with Crippen molar-refractivity contribution in [3.05, 3.63) is 56.7 Å². The Kier molecular flexibility index (Phi) is 10.5. The summed E-state index contributed by atoms with van der Waals surface area (Å²) >= 11 is 7.20. The van der Waals surface area contributed by atoms with Gasteiger partial charge in [-0.25, -0.2) is 17.5 Å². The molecule has 9 heteroatoms. The van der Waals surface area contributed by atoms with Gasteiger partial charge in [-0.2, -0.15) is 0 Å². The van der Waals surface area contributed by atoms with E-state index in [4.69, 9.17) is 16.7 Å². The maximum Gasteiger partial charge on any atom is 1.00 e. The number of carboxylic acid groups (broad SMARTS) is 1. The number of hydrogen-bond acceptors (Lipinski definition) is 4. The van der Waals surface area contributed by atoms with E-state index < -0.39 is 16.0 Å². The Morgan fingerprint density at radius 2 is 1.85 bits per heavy atom. The van der Waals surface area contributed by atoms with E-state index in [1.54, 1.807) is 12.1 Å². The topological polar surface area (TPSA) is 74.7 Å². The summed E-state index contributed by atoms with van der Waals surface area (Å²) in [5, 5.41) is 9.62. The molecule has 1 aromatic carbocycles. The van der Waals surface area contributed by atoms with Crippen LogP contribution >= 0.6 is 22.9 Å². The zero-order valence-electron chi connectivity index (χ0n) is 16.5. The van der Waals surface area contributed by atoms with E-state index in [9.17, 15) is 13.2 Å². The minimum absolute atomic E-state index is 0. The van der Waals surface area contributed by atoms with Crippen molar-refractivity contribution >= 4 is 38.9 Å². The fraction of sp³-hybridized carbons (Fsp3) is 0.389. The third kappa shape index (κ3) is 8.64. The van der Waals surface area contributed by atoms with Crippen molar-refractivity contribution in [2.75, 3.05) is 19.3 Å². The molecule has 27 heavy (non-hydrogen) atoms. The van der Waals surface area contributed by atoms with Crippen LogP contribution in [0, 0.1) is 0 Å². The van der Waals surface area contributed by atoms with Gasteiger partial charge in [-0.1, -0.05) is 23.7 Å². The van der Waals surface area contributed by atoms with E-state index in [0.29, 0.717) is 35.8 Å². The SMILES string of the molecule is CS(=O)(=O)N(CCCc1cccc(Cl)c1)CCCc1ccc(C(=O)O)s1.[H-].[Na+]. The summed E-state index contributed by atoms with van der Waals surface area (Å²) in [7, 11) is -3.27. The number of thiophene rings is 1. The number of nitrogens with zero attached hydrogens (tertiary/aromatic N) is 1. The van der Waals surface area contributed by atoms with E-state index in [0.717, 1.165) is 23.3 Å². The molecular weight excluding hydrogens is 417 g/mol. The molecule has 0 fully saturated rings. The van der Waals surface area contributed by atoms with Crippen molar-refractivity contribution in [2.45, 2.75) is 25.7 Å². The first-order valence-electron chi connectivity index (χ1n) is 8.27. The summed E-state index contributed by atoms with van der Waals surface area (Å²) in [6.45, 7) is 0.880. The second-order valence-corrected chi connectivity index (χ2v) is 9.66. The van der Waals surface area contributed by atoms with Crippen molar-refractivity contribution in [1.82, 2.24) is 4.31 Å². The molecule has 144 valence electrons. The number of aryl methyl sites for hydroxylation is 2. The summed E-state index contributed by atoms with van der Waals surface area (Å²) in [6.07, 6.45) is 4.02. The maximum absolute atomic E-state index is 12.0. The van der Waals surface area contributed by atoms with Gasteiger partial charge in [0.2, 0.25) is 10.0 Å². The number of rotatable bonds is 10. The van der Waals surface area contributed by atoms with Crippen molar-refractivity contribution in [3.63, 3.8) is 0 Å². The smallest absolute Gasteiger partial charge is 1.00 e. The summed E-state index contributed by atoms with van der Waals surface area (Å²) in [5.74, 6) is -0.931. The van der Waals surface area contributed by atoms with Crippen LogP contribution in [0.15, 0.2) is 36.4 Å². The van der Waals surface area contributed by atoms with Crippen LogP contribution in [-0.4, -0.2) is 43.1 Å². The van der Waals surface area contributed by atoms with E-state index in [1.807, 2.05) is 24.3 Å². The van der Waals surface area contributed by atoms with Gasteiger partial charge in [0.05, 0.1) is 6.26 Å². The molecule has 0 saturated carbocycles. The quantitative estimate of drug-likeness (QED) is 0.561. The first kappa shape index (κ1) is 24.6. The molecule has 2 rings (SSSR count). The molecule has 2 aromatic rings. The van der Waals surface area contributed by atoms with Gasteiger partial charge >= 0.3 is 35.5 Å². The van der Waals surface area contributed by atoms with Gasteiger partial charge in [0.1, 0.15) is 4.88 Å². The Bertz CT molecular complexity index is 861. The van der Waals surface area contributed by atoms with E-state index in [2.05, 4.69) is 0 Å².